The summed E-state index contributed by atoms with van der Waals surface area (Å²) in [5.41, 5.74) is 1.55. The number of nitrogens with zero attached hydrogens (tertiary/aromatic N) is 4. The van der Waals surface area contributed by atoms with Gasteiger partial charge in [0.1, 0.15) is 5.82 Å². The maximum Gasteiger partial charge on any atom is 0.417 e. The number of carboxylic acid groups (broad SMARTS) is 1. The van der Waals surface area contributed by atoms with Crippen LogP contribution in [0.25, 0.3) is 22.2 Å². The molecular formula is C21H17ClFN5O3. The Kier molecular flexibility index (Phi) is 5.12. The quantitative estimate of drug-likeness (QED) is 0.412. The maximum atomic E-state index is 14.4. The van der Waals surface area contributed by atoms with Crippen LogP contribution < -0.4 is 10.2 Å². The Balaban J connectivity index is 1.87. The number of fused-ring (bicyclic) bond motifs is 1. The lowest BCUT2D eigenvalue weighted by Crippen LogP contribution is -2.13. The zero-order chi connectivity index (χ0) is 22.3. The molecule has 0 saturated carbocycles. The number of nitrogens with one attached hydrogen (secondary N) is 1. The molecule has 0 amide bonds. The summed E-state index contributed by atoms with van der Waals surface area (Å²) in [7, 11) is 3.49. The van der Waals surface area contributed by atoms with E-state index in [1.54, 1.807) is 37.2 Å². The number of halogens is 2. The molecule has 0 saturated heterocycles. The van der Waals surface area contributed by atoms with E-state index in [4.69, 9.17) is 11.6 Å². The minimum absolute atomic E-state index is 0.0998. The second-order valence-corrected chi connectivity index (χ2v) is 7.37. The number of carbonyl (C=O) groups is 1. The maximum absolute atomic E-state index is 14.4. The zero-order valence-electron chi connectivity index (χ0n) is 16.5. The molecular weight excluding hydrogens is 425 g/mol. The molecule has 0 unspecified atom stereocenters. The van der Waals surface area contributed by atoms with Crippen molar-refractivity contribution in [2.45, 2.75) is 0 Å². The van der Waals surface area contributed by atoms with Gasteiger partial charge in [-0.1, -0.05) is 11.6 Å². The number of rotatable bonds is 4. The van der Waals surface area contributed by atoms with E-state index in [1.165, 1.54) is 30.6 Å². The van der Waals surface area contributed by atoms with Gasteiger partial charge in [0.05, 0.1) is 11.4 Å². The van der Waals surface area contributed by atoms with Crippen LogP contribution in [0.1, 0.15) is 0 Å². The second-order valence-electron chi connectivity index (χ2n) is 6.94. The van der Waals surface area contributed by atoms with Gasteiger partial charge >= 0.3 is 6.09 Å². The van der Waals surface area contributed by atoms with Gasteiger partial charge in [0.25, 0.3) is 0 Å². The standard InChI is InChI=1S/C21H17ClFN5O3/c1-27(2)19-17(10-14(20(29)26-19)13-9-11(22)3-4-15(13)23)25-16-5-7-24-18-12(16)6-8-28(18)21(30)31/h3-10H,1-2H3,(H,24,25)(H,26,29)(H,30,31). The van der Waals surface area contributed by atoms with E-state index >= 15 is 0 Å². The van der Waals surface area contributed by atoms with Crippen LogP contribution in [0.5, 0.6) is 5.88 Å². The molecule has 8 nitrogen and oxygen atoms in total. The van der Waals surface area contributed by atoms with Crippen molar-refractivity contribution >= 4 is 45.9 Å². The third-order valence-corrected chi connectivity index (χ3v) is 4.92. The molecule has 0 aliphatic rings. The minimum atomic E-state index is -1.15. The normalized spacial score (nSPS) is 11.0. The molecule has 4 aromatic rings. The lowest BCUT2D eigenvalue weighted by Gasteiger charge is -2.20. The molecule has 3 N–H and O–H groups in total. The van der Waals surface area contributed by atoms with E-state index in [-0.39, 0.29) is 22.7 Å². The Bertz CT molecular complexity index is 1320. The number of hydrogen-bond donors (Lipinski definition) is 3. The van der Waals surface area contributed by atoms with Gasteiger partial charge in [-0.3, -0.25) is 0 Å². The van der Waals surface area contributed by atoms with Crippen LogP contribution in [0, 0.1) is 5.82 Å². The molecule has 0 aliphatic heterocycles. The fourth-order valence-electron chi connectivity index (χ4n) is 3.28. The largest absolute Gasteiger partial charge is 0.493 e. The SMILES string of the molecule is CN(C)c1nc(O)c(-c2cc(Cl)ccc2F)cc1Nc1ccnc2c1ccn2C(=O)O. The predicted molar refractivity (Wildman–Crippen MR) is 117 cm³/mol. The zero-order valence-corrected chi connectivity index (χ0v) is 17.2. The van der Waals surface area contributed by atoms with Crippen molar-refractivity contribution < 1.29 is 19.4 Å². The average Bonchev–Trinajstić information content (AvgIpc) is 3.16. The first kappa shape index (κ1) is 20.4. The van der Waals surface area contributed by atoms with Crippen LogP contribution >= 0.6 is 11.6 Å². The molecule has 0 spiro atoms. The lowest BCUT2D eigenvalue weighted by atomic mass is 10.1. The first-order chi connectivity index (χ1) is 14.8. The summed E-state index contributed by atoms with van der Waals surface area (Å²) >= 11 is 6.01. The second kappa shape index (κ2) is 7.77. The number of anilines is 3. The van der Waals surface area contributed by atoms with E-state index in [0.717, 1.165) is 4.57 Å². The Morgan fingerprint density at radius 2 is 1.94 bits per heavy atom. The van der Waals surface area contributed by atoms with E-state index in [9.17, 15) is 19.4 Å². The van der Waals surface area contributed by atoms with Gasteiger partial charge in [-0.2, -0.15) is 4.98 Å². The van der Waals surface area contributed by atoms with Gasteiger partial charge in [0, 0.05) is 48.0 Å². The van der Waals surface area contributed by atoms with Crippen LogP contribution in [0.3, 0.4) is 0 Å². The molecule has 0 atom stereocenters. The highest BCUT2D eigenvalue weighted by Crippen LogP contribution is 2.39. The highest BCUT2D eigenvalue weighted by molar-refractivity contribution is 6.30. The van der Waals surface area contributed by atoms with E-state index in [2.05, 4.69) is 15.3 Å². The Morgan fingerprint density at radius 1 is 1.16 bits per heavy atom. The predicted octanol–water partition coefficient (Wildman–Crippen LogP) is 4.93. The fraction of sp³-hybridized carbons (Fsp3) is 0.0952. The van der Waals surface area contributed by atoms with Gasteiger partial charge in [-0.15, -0.1) is 0 Å². The average molecular weight is 442 g/mol. The summed E-state index contributed by atoms with van der Waals surface area (Å²) in [6.45, 7) is 0. The molecule has 0 radical (unpaired) electrons. The molecule has 31 heavy (non-hydrogen) atoms. The Labute approximate surface area is 181 Å². The number of aromatic nitrogens is 3. The Hall–Kier alpha value is -3.85. The van der Waals surface area contributed by atoms with E-state index in [1.807, 2.05) is 0 Å². The third-order valence-electron chi connectivity index (χ3n) is 4.69. The summed E-state index contributed by atoms with van der Waals surface area (Å²) in [6.07, 6.45) is 1.73. The van der Waals surface area contributed by atoms with Crippen LogP contribution in [-0.4, -0.2) is 44.9 Å². The lowest BCUT2D eigenvalue weighted by molar-refractivity contribution is 0.197. The number of aromatic hydroxyl groups is 1. The molecule has 0 bridgehead atoms. The summed E-state index contributed by atoms with van der Waals surface area (Å²) in [4.78, 5) is 21.4. The van der Waals surface area contributed by atoms with Crippen molar-refractivity contribution in [1.82, 2.24) is 14.5 Å². The summed E-state index contributed by atoms with van der Waals surface area (Å²) in [6, 6.07) is 8.90. The molecule has 10 heteroatoms. The van der Waals surface area contributed by atoms with Gasteiger partial charge in [-0.05, 0) is 36.4 Å². The van der Waals surface area contributed by atoms with Gasteiger partial charge in [-0.25, -0.2) is 18.7 Å². The first-order valence-corrected chi connectivity index (χ1v) is 9.47. The van der Waals surface area contributed by atoms with Crippen molar-refractivity contribution in [3.63, 3.8) is 0 Å². The molecule has 1 aromatic carbocycles. The molecule has 3 heterocycles. The van der Waals surface area contributed by atoms with Crippen LogP contribution in [0.2, 0.25) is 5.02 Å². The molecule has 3 aromatic heterocycles. The van der Waals surface area contributed by atoms with E-state index < -0.39 is 11.9 Å². The minimum Gasteiger partial charge on any atom is -0.493 e. The fourth-order valence-corrected chi connectivity index (χ4v) is 3.45. The van der Waals surface area contributed by atoms with Crippen LogP contribution in [0.15, 0.2) is 48.8 Å². The van der Waals surface area contributed by atoms with Crippen molar-refractivity contribution in [1.29, 1.82) is 0 Å². The topological polar surface area (TPSA) is 104 Å². The Morgan fingerprint density at radius 3 is 2.65 bits per heavy atom. The summed E-state index contributed by atoms with van der Waals surface area (Å²) < 4.78 is 15.5. The summed E-state index contributed by atoms with van der Waals surface area (Å²) in [5, 5.41) is 23.9. The molecule has 4 rings (SSSR count). The van der Waals surface area contributed by atoms with Crippen molar-refractivity contribution in [2.75, 3.05) is 24.3 Å². The van der Waals surface area contributed by atoms with Crippen molar-refractivity contribution in [3.05, 3.63) is 59.6 Å². The van der Waals surface area contributed by atoms with Crippen LogP contribution in [0.4, 0.5) is 26.4 Å². The highest BCUT2D eigenvalue weighted by atomic mass is 35.5. The van der Waals surface area contributed by atoms with Gasteiger partial charge in [0.15, 0.2) is 11.5 Å². The smallest absolute Gasteiger partial charge is 0.417 e. The first-order valence-electron chi connectivity index (χ1n) is 9.09. The van der Waals surface area contributed by atoms with Gasteiger partial charge < -0.3 is 20.4 Å². The van der Waals surface area contributed by atoms with Gasteiger partial charge in [0.2, 0.25) is 5.88 Å². The number of benzene rings is 1. The molecule has 158 valence electrons. The molecule has 0 aliphatic carbocycles. The number of hydrogen-bond acceptors (Lipinski definition) is 6. The monoisotopic (exact) mass is 441 g/mol. The number of pyridine rings is 2. The molecule has 0 fully saturated rings. The van der Waals surface area contributed by atoms with E-state index in [0.29, 0.717) is 27.6 Å². The van der Waals surface area contributed by atoms with Crippen LogP contribution in [-0.2, 0) is 0 Å². The highest BCUT2D eigenvalue weighted by Gasteiger charge is 2.19. The third kappa shape index (κ3) is 3.71. The summed E-state index contributed by atoms with van der Waals surface area (Å²) in [5.74, 6) is -0.520. The van der Waals surface area contributed by atoms with Crippen molar-refractivity contribution in [3.8, 4) is 17.0 Å². The van der Waals surface area contributed by atoms with Crippen molar-refractivity contribution in [2.24, 2.45) is 0 Å².